The molecule has 0 aliphatic heterocycles. The van der Waals surface area contributed by atoms with E-state index in [0.717, 1.165) is 5.01 Å². The van der Waals surface area contributed by atoms with Crippen LogP contribution in [0.5, 0.6) is 0 Å². The molecule has 2 rings (SSSR count). The third-order valence-electron chi connectivity index (χ3n) is 2.00. The summed E-state index contributed by atoms with van der Waals surface area (Å²) < 4.78 is 14.3. The third kappa shape index (κ3) is 2.28. The number of nitrogens with zero attached hydrogens (tertiary/aromatic N) is 2. The number of halogens is 2. The molecule has 0 aliphatic rings. The van der Waals surface area contributed by atoms with Crippen LogP contribution in [0.2, 0.25) is 0 Å². The molecule has 0 saturated heterocycles. The van der Waals surface area contributed by atoms with Crippen LogP contribution in [-0.2, 0) is 6.42 Å². The molecule has 0 unspecified atom stereocenters. The summed E-state index contributed by atoms with van der Waals surface area (Å²) >= 11 is 4.67. The fourth-order valence-electron chi connectivity index (χ4n) is 1.28. The highest BCUT2D eigenvalue weighted by Crippen LogP contribution is 2.32. The summed E-state index contributed by atoms with van der Waals surface area (Å²) in [6.07, 6.45) is 0.670. The molecule has 0 spiro atoms. The maximum Gasteiger partial charge on any atom is 0.151 e. The normalized spacial score (nSPS) is 10.7. The van der Waals surface area contributed by atoms with Crippen LogP contribution in [0.15, 0.2) is 22.7 Å². The summed E-state index contributed by atoms with van der Waals surface area (Å²) in [6, 6.07) is 4.83. The third-order valence-corrected chi connectivity index (χ3v) is 3.66. The van der Waals surface area contributed by atoms with Gasteiger partial charge in [-0.1, -0.05) is 17.4 Å². The van der Waals surface area contributed by atoms with Crippen molar-refractivity contribution < 1.29 is 4.39 Å². The Balaban J connectivity index is 2.42. The molecule has 0 amide bonds. The number of benzene rings is 1. The van der Waals surface area contributed by atoms with Gasteiger partial charge in [-0.25, -0.2) is 4.39 Å². The van der Waals surface area contributed by atoms with Gasteiger partial charge < -0.3 is 5.73 Å². The molecule has 3 nitrogen and oxygen atoms in total. The van der Waals surface area contributed by atoms with Gasteiger partial charge in [0.1, 0.15) is 10.8 Å². The molecule has 0 bridgehead atoms. The van der Waals surface area contributed by atoms with E-state index in [2.05, 4.69) is 26.1 Å². The number of hydrogen-bond donors (Lipinski definition) is 1. The minimum Gasteiger partial charge on any atom is -0.330 e. The molecular formula is C10H9BrFN3S. The first kappa shape index (κ1) is 11.6. The number of aromatic nitrogens is 2. The second kappa shape index (κ2) is 4.99. The topological polar surface area (TPSA) is 51.8 Å². The van der Waals surface area contributed by atoms with Gasteiger partial charge >= 0.3 is 0 Å². The van der Waals surface area contributed by atoms with Crippen LogP contribution in [-0.4, -0.2) is 16.7 Å². The van der Waals surface area contributed by atoms with Gasteiger partial charge in [0.05, 0.1) is 5.56 Å². The standard InChI is InChI=1S/C10H9BrFN3S/c11-6-2-1-3-7(12)9(6)10-15-14-8(16-10)4-5-13/h1-3H,4-5,13H2. The number of hydrogen-bond acceptors (Lipinski definition) is 4. The van der Waals surface area contributed by atoms with Crippen molar-refractivity contribution in [3.8, 4) is 10.6 Å². The Morgan fingerprint density at radius 1 is 1.38 bits per heavy atom. The lowest BCUT2D eigenvalue weighted by Gasteiger charge is -2.00. The zero-order chi connectivity index (χ0) is 11.5. The molecule has 2 N–H and O–H groups in total. The van der Waals surface area contributed by atoms with Crippen LogP contribution in [0.4, 0.5) is 4.39 Å². The van der Waals surface area contributed by atoms with Gasteiger partial charge in [-0.3, -0.25) is 0 Å². The van der Waals surface area contributed by atoms with Crippen molar-refractivity contribution in [2.24, 2.45) is 5.73 Å². The first-order valence-electron chi connectivity index (χ1n) is 4.69. The fourth-order valence-corrected chi connectivity index (χ4v) is 2.86. The molecule has 0 atom stereocenters. The van der Waals surface area contributed by atoms with Crippen LogP contribution >= 0.6 is 27.3 Å². The molecule has 1 aromatic carbocycles. The van der Waals surface area contributed by atoms with E-state index < -0.39 is 0 Å². The van der Waals surface area contributed by atoms with E-state index in [9.17, 15) is 4.39 Å². The first-order chi connectivity index (χ1) is 7.72. The minimum absolute atomic E-state index is 0.301. The Labute approximate surface area is 105 Å². The van der Waals surface area contributed by atoms with Gasteiger partial charge in [0.15, 0.2) is 5.01 Å². The number of nitrogens with two attached hydrogens (primary N) is 1. The van der Waals surface area contributed by atoms with Crippen molar-refractivity contribution in [1.29, 1.82) is 0 Å². The minimum atomic E-state index is -0.301. The zero-order valence-corrected chi connectivity index (χ0v) is 10.7. The highest BCUT2D eigenvalue weighted by Gasteiger charge is 2.13. The second-order valence-electron chi connectivity index (χ2n) is 3.14. The van der Waals surface area contributed by atoms with E-state index in [0.29, 0.717) is 28.0 Å². The van der Waals surface area contributed by atoms with E-state index in [1.165, 1.54) is 17.4 Å². The van der Waals surface area contributed by atoms with Crippen LogP contribution in [0.3, 0.4) is 0 Å². The van der Waals surface area contributed by atoms with Gasteiger partial charge in [-0.2, -0.15) is 0 Å². The van der Waals surface area contributed by atoms with Crippen LogP contribution < -0.4 is 5.73 Å². The highest BCUT2D eigenvalue weighted by atomic mass is 79.9. The Morgan fingerprint density at radius 2 is 2.19 bits per heavy atom. The maximum absolute atomic E-state index is 13.6. The van der Waals surface area contributed by atoms with Crippen LogP contribution in [0.1, 0.15) is 5.01 Å². The molecule has 1 aromatic heterocycles. The first-order valence-corrected chi connectivity index (χ1v) is 6.30. The summed E-state index contributed by atoms with van der Waals surface area (Å²) in [5.74, 6) is -0.301. The van der Waals surface area contributed by atoms with Gasteiger partial charge in [-0.15, -0.1) is 10.2 Å². The van der Waals surface area contributed by atoms with E-state index in [4.69, 9.17) is 5.73 Å². The Kier molecular flexibility index (Phi) is 3.63. The van der Waals surface area contributed by atoms with Gasteiger partial charge in [-0.05, 0) is 34.6 Å². The van der Waals surface area contributed by atoms with Crippen molar-refractivity contribution in [3.05, 3.63) is 33.5 Å². The Hall–Kier alpha value is -0.850. The van der Waals surface area contributed by atoms with Crippen molar-refractivity contribution in [3.63, 3.8) is 0 Å². The molecule has 1 heterocycles. The molecule has 16 heavy (non-hydrogen) atoms. The van der Waals surface area contributed by atoms with Crippen molar-refractivity contribution >= 4 is 27.3 Å². The van der Waals surface area contributed by atoms with Gasteiger partial charge in [0.25, 0.3) is 0 Å². The summed E-state index contributed by atoms with van der Waals surface area (Å²) in [6.45, 7) is 0.521. The zero-order valence-electron chi connectivity index (χ0n) is 8.28. The van der Waals surface area contributed by atoms with Crippen molar-refractivity contribution in [1.82, 2.24) is 10.2 Å². The monoisotopic (exact) mass is 301 g/mol. The lowest BCUT2D eigenvalue weighted by molar-refractivity contribution is 0.630. The molecule has 0 fully saturated rings. The van der Waals surface area contributed by atoms with E-state index in [-0.39, 0.29) is 5.82 Å². The van der Waals surface area contributed by atoms with Crippen LogP contribution in [0, 0.1) is 5.82 Å². The Morgan fingerprint density at radius 3 is 2.88 bits per heavy atom. The molecule has 0 radical (unpaired) electrons. The summed E-state index contributed by atoms with van der Waals surface area (Å²) in [7, 11) is 0. The molecule has 0 aliphatic carbocycles. The smallest absolute Gasteiger partial charge is 0.151 e. The maximum atomic E-state index is 13.6. The predicted molar refractivity (Wildman–Crippen MR) is 65.8 cm³/mol. The predicted octanol–water partition coefficient (Wildman–Crippen LogP) is 2.61. The largest absolute Gasteiger partial charge is 0.330 e. The lowest BCUT2D eigenvalue weighted by atomic mass is 10.2. The molecule has 2 aromatic rings. The van der Waals surface area contributed by atoms with E-state index in [1.807, 2.05) is 0 Å². The van der Waals surface area contributed by atoms with Gasteiger partial charge in [0.2, 0.25) is 0 Å². The summed E-state index contributed by atoms with van der Waals surface area (Å²) in [4.78, 5) is 0. The average Bonchev–Trinajstić information content (AvgIpc) is 2.67. The summed E-state index contributed by atoms with van der Waals surface area (Å²) in [5, 5.41) is 9.34. The molecular weight excluding hydrogens is 293 g/mol. The molecule has 6 heteroatoms. The van der Waals surface area contributed by atoms with Crippen molar-refractivity contribution in [2.75, 3.05) is 6.54 Å². The number of rotatable bonds is 3. The quantitative estimate of drug-likeness (QED) is 0.948. The highest BCUT2D eigenvalue weighted by molar-refractivity contribution is 9.10. The van der Waals surface area contributed by atoms with E-state index >= 15 is 0 Å². The summed E-state index contributed by atoms with van der Waals surface area (Å²) in [5.41, 5.74) is 5.89. The Bertz CT molecular complexity index is 480. The molecule has 84 valence electrons. The second-order valence-corrected chi connectivity index (χ2v) is 5.05. The fraction of sp³-hybridized carbons (Fsp3) is 0.200. The van der Waals surface area contributed by atoms with Crippen LogP contribution in [0.25, 0.3) is 10.6 Å². The van der Waals surface area contributed by atoms with Gasteiger partial charge in [0, 0.05) is 10.9 Å². The van der Waals surface area contributed by atoms with Crippen molar-refractivity contribution in [2.45, 2.75) is 6.42 Å². The SMILES string of the molecule is NCCc1nnc(-c2c(F)cccc2Br)s1. The molecule has 0 saturated carbocycles. The lowest BCUT2D eigenvalue weighted by Crippen LogP contribution is -2.01. The van der Waals surface area contributed by atoms with E-state index in [1.54, 1.807) is 12.1 Å². The average molecular weight is 302 g/mol.